The van der Waals surface area contributed by atoms with Gasteiger partial charge in [0.2, 0.25) is 5.95 Å². The van der Waals surface area contributed by atoms with E-state index in [4.69, 9.17) is 12.3 Å². The minimum absolute atomic E-state index is 0.236. The maximum Gasteiger partial charge on any atom is 0.267 e. The lowest BCUT2D eigenvalue weighted by Crippen LogP contribution is -2.47. The number of fused-ring (bicyclic) bond motifs is 1. The number of H-pyrrole nitrogens is 1. The normalized spacial score (nSPS) is 14.2. The van der Waals surface area contributed by atoms with Gasteiger partial charge in [-0.25, -0.2) is 14.8 Å². The zero-order chi connectivity index (χ0) is 24.2. The second-order valence-corrected chi connectivity index (χ2v) is 8.66. The number of hydrogen-bond acceptors (Lipinski definition) is 6. The number of nitrogens with two attached hydrogens (primary N) is 1. The minimum atomic E-state index is -0.546. The molecule has 9 heteroatoms. The number of aryl methyl sites for hydroxylation is 1. The molecule has 4 aromatic rings. The summed E-state index contributed by atoms with van der Waals surface area (Å²) in [7, 11) is 0. The average Bonchev–Trinajstić information content (AvgIpc) is 3.31. The van der Waals surface area contributed by atoms with E-state index in [1.807, 2.05) is 18.2 Å². The van der Waals surface area contributed by atoms with E-state index in [-0.39, 0.29) is 5.69 Å². The van der Waals surface area contributed by atoms with Gasteiger partial charge in [0, 0.05) is 67.6 Å². The fourth-order valence-corrected chi connectivity index (χ4v) is 4.45. The first-order valence-corrected chi connectivity index (χ1v) is 11.6. The lowest BCUT2D eigenvalue weighted by molar-refractivity contribution is 0.0995. The van der Waals surface area contributed by atoms with Gasteiger partial charge in [-0.3, -0.25) is 14.7 Å². The summed E-state index contributed by atoms with van der Waals surface area (Å²) in [6.07, 6.45) is 9.31. The average molecular weight is 467 g/mol. The van der Waals surface area contributed by atoms with Crippen molar-refractivity contribution in [1.82, 2.24) is 24.8 Å². The standard InChI is InChI=1S/C26H26N8O/c1-28-21-5-7-23-22(13-21)19(15-29-23)3-2-8-33-9-11-34(12-10-33)26-31-16-20(17-32-26)18-4-6-24(25(27)35)30-14-18/h4-7,13-17,29H,2-3,8-12H2,(H2,27,35). The number of piperazine rings is 1. The first-order chi connectivity index (χ1) is 17.1. The van der Waals surface area contributed by atoms with E-state index >= 15 is 0 Å². The SMILES string of the molecule is [C-]#[N+]c1ccc2[nH]cc(CCCN3CCN(c4ncc(-c5ccc(C(N)=O)nc5)cn4)CC3)c2c1. The number of hydrogen-bond donors (Lipinski definition) is 2. The summed E-state index contributed by atoms with van der Waals surface area (Å²) in [5.74, 6) is 0.181. The predicted octanol–water partition coefficient (Wildman–Crippen LogP) is 3.42. The molecule has 0 spiro atoms. The van der Waals surface area contributed by atoms with Crippen molar-refractivity contribution in [1.29, 1.82) is 0 Å². The third-order valence-electron chi connectivity index (χ3n) is 6.44. The number of aromatic amines is 1. The Bertz CT molecular complexity index is 1360. The van der Waals surface area contributed by atoms with Gasteiger partial charge in [-0.05, 0) is 48.5 Å². The molecule has 35 heavy (non-hydrogen) atoms. The van der Waals surface area contributed by atoms with Crippen LogP contribution in [0.15, 0.2) is 55.1 Å². The fourth-order valence-electron chi connectivity index (χ4n) is 4.45. The van der Waals surface area contributed by atoms with Crippen molar-refractivity contribution >= 4 is 28.4 Å². The lowest BCUT2D eigenvalue weighted by Gasteiger charge is -2.34. The van der Waals surface area contributed by atoms with Crippen LogP contribution >= 0.6 is 0 Å². The van der Waals surface area contributed by atoms with Crippen LogP contribution in [-0.2, 0) is 6.42 Å². The smallest absolute Gasteiger partial charge is 0.267 e. The number of nitrogens with one attached hydrogen (secondary N) is 1. The van der Waals surface area contributed by atoms with Crippen LogP contribution in [0.25, 0.3) is 26.9 Å². The number of anilines is 1. The van der Waals surface area contributed by atoms with Crippen molar-refractivity contribution in [3.05, 3.63) is 77.8 Å². The van der Waals surface area contributed by atoms with E-state index in [9.17, 15) is 4.79 Å². The Morgan fingerprint density at radius 2 is 1.80 bits per heavy atom. The summed E-state index contributed by atoms with van der Waals surface area (Å²) >= 11 is 0. The van der Waals surface area contributed by atoms with E-state index in [2.05, 4.69) is 40.8 Å². The lowest BCUT2D eigenvalue weighted by atomic mass is 10.1. The van der Waals surface area contributed by atoms with Gasteiger partial charge in [0.05, 0.1) is 6.57 Å². The number of amides is 1. The third kappa shape index (κ3) is 4.98. The Labute approximate surface area is 203 Å². The number of rotatable bonds is 7. The highest BCUT2D eigenvalue weighted by atomic mass is 16.1. The van der Waals surface area contributed by atoms with Crippen LogP contribution in [-0.4, -0.2) is 63.5 Å². The largest absolute Gasteiger partial charge is 0.364 e. The second-order valence-electron chi connectivity index (χ2n) is 8.66. The van der Waals surface area contributed by atoms with Crippen molar-refractivity contribution in [3.63, 3.8) is 0 Å². The van der Waals surface area contributed by atoms with Gasteiger partial charge in [0.25, 0.3) is 5.91 Å². The van der Waals surface area contributed by atoms with Crippen molar-refractivity contribution in [2.75, 3.05) is 37.6 Å². The zero-order valence-electron chi connectivity index (χ0n) is 19.3. The molecule has 4 heterocycles. The summed E-state index contributed by atoms with van der Waals surface area (Å²) < 4.78 is 0. The maximum atomic E-state index is 11.2. The van der Waals surface area contributed by atoms with Gasteiger partial charge in [-0.15, -0.1) is 0 Å². The number of aromatic nitrogens is 4. The molecule has 0 atom stereocenters. The van der Waals surface area contributed by atoms with Crippen LogP contribution in [0.1, 0.15) is 22.5 Å². The Morgan fingerprint density at radius 3 is 2.49 bits per heavy atom. The molecular formula is C26H26N8O. The highest BCUT2D eigenvalue weighted by molar-refractivity contribution is 5.91. The molecule has 1 amide bonds. The van der Waals surface area contributed by atoms with Crippen LogP contribution < -0.4 is 10.6 Å². The summed E-state index contributed by atoms with van der Waals surface area (Å²) in [6, 6.07) is 9.21. The summed E-state index contributed by atoms with van der Waals surface area (Å²) in [6.45, 7) is 12.0. The van der Waals surface area contributed by atoms with Gasteiger partial charge in [-0.1, -0.05) is 12.1 Å². The summed E-state index contributed by atoms with van der Waals surface area (Å²) in [4.78, 5) is 35.9. The van der Waals surface area contributed by atoms with Crippen molar-refractivity contribution in [3.8, 4) is 11.1 Å². The molecule has 3 N–H and O–H groups in total. The molecule has 0 unspecified atom stereocenters. The van der Waals surface area contributed by atoms with Gasteiger partial charge in [0.15, 0.2) is 5.69 Å². The number of carbonyl (C=O) groups is 1. The van der Waals surface area contributed by atoms with E-state index in [0.717, 1.165) is 73.5 Å². The molecular weight excluding hydrogens is 440 g/mol. The highest BCUT2D eigenvalue weighted by Crippen LogP contribution is 2.25. The first kappa shape index (κ1) is 22.5. The molecule has 176 valence electrons. The Balaban J connectivity index is 1.12. The molecule has 3 aromatic heterocycles. The molecule has 9 nitrogen and oxygen atoms in total. The molecule has 0 bridgehead atoms. The number of benzene rings is 1. The molecule has 1 aliphatic heterocycles. The van der Waals surface area contributed by atoms with Crippen LogP contribution in [0.4, 0.5) is 11.6 Å². The topological polar surface area (TPSA) is 108 Å². The molecule has 1 saturated heterocycles. The number of pyridine rings is 1. The molecule has 1 fully saturated rings. The predicted molar refractivity (Wildman–Crippen MR) is 135 cm³/mol. The van der Waals surface area contributed by atoms with E-state index in [1.165, 1.54) is 5.56 Å². The molecule has 1 aliphatic rings. The van der Waals surface area contributed by atoms with Crippen LogP contribution in [0.3, 0.4) is 0 Å². The molecule has 0 saturated carbocycles. The van der Waals surface area contributed by atoms with Crippen molar-refractivity contribution < 1.29 is 4.79 Å². The van der Waals surface area contributed by atoms with Crippen LogP contribution in [0, 0.1) is 6.57 Å². The van der Waals surface area contributed by atoms with Crippen molar-refractivity contribution in [2.24, 2.45) is 5.73 Å². The molecule has 5 rings (SSSR count). The highest BCUT2D eigenvalue weighted by Gasteiger charge is 2.19. The Kier molecular flexibility index (Phi) is 6.37. The number of primary amides is 1. The van der Waals surface area contributed by atoms with Crippen LogP contribution in [0.2, 0.25) is 0 Å². The van der Waals surface area contributed by atoms with E-state index < -0.39 is 5.91 Å². The first-order valence-electron chi connectivity index (χ1n) is 11.6. The molecule has 0 aliphatic carbocycles. The minimum Gasteiger partial charge on any atom is -0.364 e. The molecule has 1 aromatic carbocycles. The molecule has 0 radical (unpaired) electrons. The number of nitrogens with zero attached hydrogens (tertiary/aromatic N) is 6. The Morgan fingerprint density at radius 1 is 1.03 bits per heavy atom. The second kappa shape index (κ2) is 9.91. The van der Waals surface area contributed by atoms with Gasteiger partial charge in [0.1, 0.15) is 5.69 Å². The monoisotopic (exact) mass is 466 g/mol. The third-order valence-corrected chi connectivity index (χ3v) is 6.44. The summed E-state index contributed by atoms with van der Waals surface area (Å²) in [5.41, 5.74) is 10.2. The van der Waals surface area contributed by atoms with E-state index in [1.54, 1.807) is 30.7 Å². The fraction of sp³-hybridized carbons (Fsp3) is 0.269. The number of carbonyl (C=O) groups excluding carboxylic acids is 1. The van der Waals surface area contributed by atoms with Gasteiger partial charge < -0.3 is 15.6 Å². The zero-order valence-corrected chi connectivity index (χ0v) is 19.3. The quantitative estimate of drug-likeness (QED) is 0.404. The summed E-state index contributed by atoms with van der Waals surface area (Å²) in [5, 5.41) is 1.16. The van der Waals surface area contributed by atoms with E-state index in [0.29, 0.717) is 5.69 Å². The van der Waals surface area contributed by atoms with Gasteiger partial charge >= 0.3 is 0 Å². The van der Waals surface area contributed by atoms with Crippen LogP contribution in [0.5, 0.6) is 0 Å². The Hall–Kier alpha value is -4.29. The van der Waals surface area contributed by atoms with Crippen molar-refractivity contribution in [2.45, 2.75) is 12.8 Å². The maximum absolute atomic E-state index is 11.2. The van der Waals surface area contributed by atoms with Gasteiger partial charge in [-0.2, -0.15) is 0 Å².